The second-order valence-electron chi connectivity index (χ2n) is 5.14. The van der Waals surface area contributed by atoms with Gasteiger partial charge in [-0.05, 0) is 25.5 Å². The van der Waals surface area contributed by atoms with E-state index in [-0.39, 0.29) is 36.4 Å². The lowest BCUT2D eigenvalue weighted by Gasteiger charge is -2.13. The Morgan fingerprint density at radius 2 is 1.82 bits per heavy atom. The number of rotatable bonds is 4. The van der Waals surface area contributed by atoms with Crippen LogP contribution in [0.1, 0.15) is 30.9 Å². The summed E-state index contributed by atoms with van der Waals surface area (Å²) < 4.78 is 43.8. The van der Waals surface area contributed by atoms with Crippen LogP contribution in [-0.2, 0) is 18.3 Å². The standard InChI is InChI=1S/C13H15F3N4O.ClH/c1-12(2,17)10-19-20-11(21-10)18-7-8-5-3-4-6-9(8)13(14,15)16;/h3-6H,7,17H2,1-2H3,(H,18,20);1H. The maximum atomic E-state index is 12.8. The highest BCUT2D eigenvalue weighted by Gasteiger charge is 2.32. The van der Waals surface area contributed by atoms with Crippen molar-refractivity contribution < 1.29 is 17.6 Å². The molecular formula is C13H16ClF3N4O. The number of aromatic nitrogens is 2. The molecule has 0 amide bonds. The molecule has 0 aliphatic heterocycles. The highest BCUT2D eigenvalue weighted by molar-refractivity contribution is 5.85. The summed E-state index contributed by atoms with van der Waals surface area (Å²) in [6.45, 7) is 3.29. The topological polar surface area (TPSA) is 77.0 Å². The van der Waals surface area contributed by atoms with Crippen molar-refractivity contribution in [1.29, 1.82) is 0 Å². The number of hydrogen-bond donors (Lipinski definition) is 2. The molecule has 22 heavy (non-hydrogen) atoms. The maximum absolute atomic E-state index is 12.8. The molecule has 0 spiro atoms. The largest absolute Gasteiger partial charge is 0.416 e. The molecule has 0 aliphatic carbocycles. The van der Waals surface area contributed by atoms with Crippen LogP contribution in [0.15, 0.2) is 28.7 Å². The molecular weight excluding hydrogens is 321 g/mol. The number of halogens is 4. The predicted molar refractivity (Wildman–Crippen MR) is 77.5 cm³/mol. The van der Waals surface area contributed by atoms with Crippen molar-refractivity contribution in [1.82, 2.24) is 10.2 Å². The zero-order valence-electron chi connectivity index (χ0n) is 11.9. The molecule has 0 radical (unpaired) electrons. The average molecular weight is 337 g/mol. The van der Waals surface area contributed by atoms with E-state index in [9.17, 15) is 13.2 Å². The zero-order chi connectivity index (χ0) is 15.7. The van der Waals surface area contributed by atoms with Crippen molar-refractivity contribution in [2.75, 3.05) is 5.32 Å². The van der Waals surface area contributed by atoms with Crippen molar-refractivity contribution in [3.05, 3.63) is 41.3 Å². The van der Waals surface area contributed by atoms with Gasteiger partial charge in [0.2, 0.25) is 5.89 Å². The molecule has 0 bridgehead atoms. The summed E-state index contributed by atoms with van der Waals surface area (Å²) in [7, 11) is 0. The lowest BCUT2D eigenvalue weighted by atomic mass is 10.1. The smallest absolute Gasteiger partial charge is 0.406 e. The van der Waals surface area contributed by atoms with Gasteiger partial charge in [0.1, 0.15) is 0 Å². The van der Waals surface area contributed by atoms with Crippen LogP contribution in [0.4, 0.5) is 19.2 Å². The van der Waals surface area contributed by atoms with Gasteiger partial charge in [-0.1, -0.05) is 23.3 Å². The minimum atomic E-state index is -4.41. The van der Waals surface area contributed by atoms with Crippen LogP contribution >= 0.6 is 12.4 Å². The lowest BCUT2D eigenvalue weighted by molar-refractivity contribution is -0.138. The lowest BCUT2D eigenvalue weighted by Crippen LogP contribution is -2.29. The van der Waals surface area contributed by atoms with Crippen molar-refractivity contribution in [3.63, 3.8) is 0 Å². The normalized spacial score (nSPS) is 11.9. The summed E-state index contributed by atoms with van der Waals surface area (Å²) in [6.07, 6.45) is -4.41. The molecule has 2 rings (SSSR count). The zero-order valence-corrected chi connectivity index (χ0v) is 12.8. The fourth-order valence-corrected chi connectivity index (χ4v) is 1.68. The molecule has 0 saturated carbocycles. The summed E-state index contributed by atoms with van der Waals surface area (Å²) in [6, 6.07) is 5.32. The third-order valence-electron chi connectivity index (χ3n) is 2.73. The number of alkyl halides is 3. The molecule has 0 unspecified atom stereocenters. The average Bonchev–Trinajstić information content (AvgIpc) is 2.84. The van der Waals surface area contributed by atoms with Crippen molar-refractivity contribution in [2.24, 2.45) is 5.73 Å². The van der Waals surface area contributed by atoms with Crippen molar-refractivity contribution >= 4 is 18.4 Å². The summed E-state index contributed by atoms with van der Waals surface area (Å²) in [5.41, 5.74) is 4.37. The number of nitrogens with one attached hydrogen (secondary N) is 1. The van der Waals surface area contributed by atoms with E-state index in [1.165, 1.54) is 18.2 Å². The highest BCUT2D eigenvalue weighted by atomic mass is 35.5. The number of benzene rings is 1. The second-order valence-corrected chi connectivity index (χ2v) is 5.14. The van der Waals surface area contributed by atoms with Gasteiger partial charge in [0, 0.05) is 6.54 Å². The first-order valence-electron chi connectivity index (χ1n) is 6.20. The Morgan fingerprint density at radius 1 is 1.18 bits per heavy atom. The minimum Gasteiger partial charge on any atom is -0.406 e. The van der Waals surface area contributed by atoms with Gasteiger partial charge in [-0.2, -0.15) is 13.2 Å². The van der Waals surface area contributed by atoms with Crippen LogP contribution in [0.3, 0.4) is 0 Å². The third-order valence-corrected chi connectivity index (χ3v) is 2.73. The molecule has 3 N–H and O–H groups in total. The van der Waals surface area contributed by atoms with Gasteiger partial charge in [0.25, 0.3) is 0 Å². The molecule has 1 heterocycles. The minimum absolute atomic E-state index is 0. The maximum Gasteiger partial charge on any atom is 0.416 e. The molecule has 9 heteroatoms. The fourth-order valence-electron chi connectivity index (χ4n) is 1.68. The molecule has 1 aromatic heterocycles. The van der Waals surface area contributed by atoms with E-state index in [1.807, 2.05) is 0 Å². The van der Waals surface area contributed by atoms with E-state index < -0.39 is 17.3 Å². The van der Waals surface area contributed by atoms with Gasteiger partial charge >= 0.3 is 12.2 Å². The number of nitrogens with two attached hydrogens (primary N) is 1. The number of anilines is 1. The van der Waals surface area contributed by atoms with Crippen LogP contribution in [0.25, 0.3) is 0 Å². The third kappa shape index (κ3) is 4.35. The van der Waals surface area contributed by atoms with Gasteiger partial charge in [-0.25, -0.2) is 0 Å². The first-order chi connectivity index (χ1) is 9.68. The molecule has 5 nitrogen and oxygen atoms in total. The first kappa shape index (κ1) is 18.2. The molecule has 0 atom stereocenters. The highest BCUT2D eigenvalue weighted by Crippen LogP contribution is 2.32. The van der Waals surface area contributed by atoms with Crippen LogP contribution < -0.4 is 11.1 Å². The van der Waals surface area contributed by atoms with E-state index in [0.717, 1.165) is 6.07 Å². The predicted octanol–water partition coefficient (Wildman–Crippen LogP) is 3.32. The van der Waals surface area contributed by atoms with E-state index in [0.29, 0.717) is 0 Å². The van der Waals surface area contributed by atoms with Gasteiger partial charge in [-0.15, -0.1) is 17.5 Å². The van der Waals surface area contributed by atoms with Crippen LogP contribution in [0.5, 0.6) is 0 Å². The molecule has 0 aliphatic rings. The number of hydrogen-bond acceptors (Lipinski definition) is 5. The Bertz CT molecular complexity index is 622. The van der Waals surface area contributed by atoms with E-state index in [4.69, 9.17) is 10.2 Å². The van der Waals surface area contributed by atoms with E-state index >= 15 is 0 Å². The Labute approximate surface area is 131 Å². The molecule has 0 saturated heterocycles. The number of nitrogens with zero attached hydrogens (tertiary/aromatic N) is 2. The van der Waals surface area contributed by atoms with Crippen LogP contribution in [0.2, 0.25) is 0 Å². The molecule has 2 aromatic rings. The van der Waals surface area contributed by atoms with Gasteiger partial charge in [-0.3, -0.25) is 0 Å². The van der Waals surface area contributed by atoms with E-state index in [2.05, 4.69) is 15.5 Å². The monoisotopic (exact) mass is 336 g/mol. The summed E-state index contributed by atoms with van der Waals surface area (Å²) in [5.74, 6) is 0.203. The SMILES string of the molecule is CC(C)(N)c1nnc(NCc2ccccc2C(F)(F)F)o1.Cl. The van der Waals surface area contributed by atoms with Gasteiger partial charge in [0.05, 0.1) is 11.1 Å². The first-order valence-corrected chi connectivity index (χ1v) is 6.20. The summed E-state index contributed by atoms with van der Waals surface area (Å²) in [4.78, 5) is 0. The van der Waals surface area contributed by atoms with E-state index in [1.54, 1.807) is 13.8 Å². The fraction of sp³-hybridized carbons (Fsp3) is 0.385. The Hall–Kier alpha value is -1.80. The van der Waals surface area contributed by atoms with Crippen molar-refractivity contribution in [3.8, 4) is 0 Å². The molecule has 0 fully saturated rings. The van der Waals surface area contributed by atoms with Gasteiger partial charge in [0.15, 0.2) is 0 Å². The Balaban J connectivity index is 0.00000242. The molecule has 1 aromatic carbocycles. The molecule has 122 valence electrons. The Kier molecular flexibility index (Phi) is 5.42. The van der Waals surface area contributed by atoms with Gasteiger partial charge < -0.3 is 15.5 Å². The summed E-state index contributed by atoms with van der Waals surface area (Å²) >= 11 is 0. The second kappa shape index (κ2) is 6.53. The van der Waals surface area contributed by atoms with Crippen LogP contribution in [0, 0.1) is 0 Å². The Morgan fingerprint density at radius 3 is 2.36 bits per heavy atom. The van der Waals surface area contributed by atoms with Crippen LogP contribution in [-0.4, -0.2) is 10.2 Å². The summed E-state index contributed by atoms with van der Waals surface area (Å²) in [5, 5.41) is 10.1. The van der Waals surface area contributed by atoms with Crippen molar-refractivity contribution in [2.45, 2.75) is 32.1 Å². The quantitative estimate of drug-likeness (QED) is 0.895.